The Morgan fingerprint density at radius 3 is 1.73 bits per heavy atom. The molecule has 1 aromatic rings. The van der Waals surface area contributed by atoms with E-state index in [0.29, 0.717) is 51.6 Å². The largest absolute Gasteiger partial charge is 0.391 e. The molecule has 0 radical (unpaired) electrons. The first-order valence-electron chi connectivity index (χ1n) is 27.4. The van der Waals surface area contributed by atoms with E-state index in [9.17, 15) is 53.1 Å². The molecule has 24 heteroatoms. The van der Waals surface area contributed by atoms with E-state index >= 15 is 0 Å². The molecule has 0 aliphatic carbocycles. The Morgan fingerprint density at radius 1 is 0.692 bits per heavy atom. The number of likely N-dealkylation sites (N-methyl/N-ethyl adjacent to an activating group) is 2. The number of guanidine groups is 1. The van der Waals surface area contributed by atoms with Gasteiger partial charge in [0.15, 0.2) is 5.96 Å². The van der Waals surface area contributed by atoms with Crippen molar-refractivity contribution in [3.8, 4) is 0 Å². The van der Waals surface area contributed by atoms with E-state index in [4.69, 9.17) is 11.5 Å². The fraction of sp³-hybridized carbons (Fsp3) is 0.685. The molecule has 1 aliphatic heterocycles. The molecule has 0 unspecified atom stereocenters. The third kappa shape index (κ3) is 21.5. The highest BCUT2D eigenvalue weighted by molar-refractivity contribution is 5.98. The first kappa shape index (κ1) is 67.3. The van der Waals surface area contributed by atoms with Crippen molar-refractivity contribution in [1.29, 1.82) is 0 Å². The molecule has 1 heterocycles. The monoisotopic (exact) mass is 1100 g/mol. The molecule has 0 aromatic heterocycles. The van der Waals surface area contributed by atoms with Gasteiger partial charge in [0.25, 0.3) is 0 Å². The van der Waals surface area contributed by atoms with Crippen LogP contribution in [0.4, 0.5) is 0 Å². The Balaban J connectivity index is 2.36. The Hall–Kier alpha value is -6.85. The predicted octanol–water partition coefficient (Wildman–Crippen LogP) is -0.481. The van der Waals surface area contributed by atoms with E-state index in [2.05, 4.69) is 47.5 Å². The van der Waals surface area contributed by atoms with Gasteiger partial charge in [0.2, 0.25) is 59.1 Å². The standard InChI is InChI=1S/C54H91N13O11/c1-13-19-37(46(71)63-43(32(8)14-2)50(75)61-38(20-17-26-58-54(55)56)53(78)67-27-18-21-40(67)48(73)57-16-4)60-52(77)45(34(10)68)65-51(76)44(33(9)15-3)64-49(74)42(30(5)6)62-47(72)39(28-36-24-22-31(7)23-25-36)59-41(70)29-66(12)35(11)69/h22-25,30,32-34,37-40,42-45,68H,13-21,26-29H2,1-12H3,(H,57,73)(H,59,70)(H,60,77)(H,61,75)(H,62,72)(H,63,71)(H,64,74)(H,65,76)(H4,55,56,58)/t32-,33+,34+,37-,38-,39-,40-,42-,43-,44+,45-/m0/s1. The Kier molecular flexibility index (Phi) is 28.8. The number of aryl methyl sites for hydroxylation is 1. The molecular weight excluding hydrogens is 1010 g/mol. The van der Waals surface area contributed by atoms with Crippen LogP contribution in [0.1, 0.15) is 132 Å². The normalized spacial score (nSPS) is 16.9. The van der Waals surface area contributed by atoms with E-state index in [0.717, 1.165) is 11.1 Å². The van der Waals surface area contributed by atoms with E-state index in [1.807, 2.05) is 38.1 Å². The van der Waals surface area contributed by atoms with Crippen LogP contribution in [0.15, 0.2) is 29.3 Å². The maximum absolute atomic E-state index is 14.2. The summed E-state index contributed by atoms with van der Waals surface area (Å²) in [6, 6.07) is -2.31. The number of hydrogen-bond acceptors (Lipinski definition) is 12. The van der Waals surface area contributed by atoms with Crippen molar-refractivity contribution in [2.45, 2.75) is 188 Å². The van der Waals surface area contributed by atoms with E-state index in [-0.39, 0.29) is 50.1 Å². The van der Waals surface area contributed by atoms with Crippen molar-refractivity contribution in [3.05, 3.63) is 35.4 Å². The minimum absolute atomic E-state index is 0.0529. The van der Waals surface area contributed by atoms with Crippen LogP contribution in [-0.4, -0.2) is 168 Å². The van der Waals surface area contributed by atoms with Crippen LogP contribution < -0.4 is 54.0 Å². The lowest BCUT2D eigenvalue weighted by Gasteiger charge is -2.32. The topological polar surface area (TPSA) is 358 Å². The lowest BCUT2D eigenvalue weighted by molar-refractivity contribution is -0.142. The van der Waals surface area contributed by atoms with Crippen molar-refractivity contribution >= 4 is 65.0 Å². The summed E-state index contributed by atoms with van der Waals surface area (Å²) in [5.41, 5.74) is 12.7. The van der Waals surface area contributed by atoms with E-state index < -0.39 is 119 Å². The number of aliphatic imine (C=N–C) groups is 1. The van der Waals surface area contributed by atoms with Crippen LogP contribution in [0, 0.1) is 24.7 Å². The van der Waals surface area contributed by atoms with Gasteiger partial charge in [-0.3, -0.25) is 52.9 Å². The number of carbonyl (C=O) groups is 10. The maximum atomic E-state index is 14.2. The van der Waals surface area contributed by atoms with Crippen molar-refractivity contribution < 1.29 is 53.1 Å². The Morgan fingerprint density at radius 2 is 1.21 bits per heavy atom. The summed E-state index contributed by atoms with van der Waals surface area (Å²) in [6.07, 6.45) is 1.21. The second kappa shape index (κ2) is 33.4. The molecule has 78 heavy (non-hydrogen) atoms. The molecule has 0 bridgehead atoms. The molecule has 1 aliphatic rings. The number of aliphatic hydroxyl groups is 1. The molecule has 24 nitrogen and oxygen atoms in total. The Bertz CT molecular complexity index is 2220. The molecule has 11 atom stereocenters. The lowest BCUT2D eigenvalue weighted by atomic mass is 9.95. The van der Waals surface area contributed by atoms with Gasteiger partial charge in [0, 0.05) is 40.0 Å². The summed E-state index contributed by atoms with van der Waals surface area (Å²) >= 11 is 0. The smallest absolute Gasteiger partial charge is 0.245 e. The number of aliphatic hydroxyl groups excluding tert-OH is 1. The molecule has 1 fully saturated rings. The van der Waals surface area contributed by atoms with Gasteiger partial charge in [0.05, 0.1) is 12.6 Å². The maximum Gasteiger partial charge on any atom is 0.245 e. The summed E-state index contributed by atoms with van der Waals surface area (Å²) in [6.45, 7) is 18.9. The number of likely N-dealkylation sites (tertiary alicyclic amines) is 1. The molecule has 1 saturated heterocycles. The minimum Gasteiger partial charge on any atom is -0.391 e. The van der Waals surface area contributed by atoms with Gasteiger partial charge in [0.1, 0.15) is 48.3 Å². The number of carbonyl (C=O) groups excluding carboxylic acids is 10. The van der Waals surface area contributed by atoms with Crippen molar-refractivity contribution in [3.63, 3.8) is 0 Å². The third-order valence-corrected chi connectivity index (χ3v) is 14.0. The Labute approximate surface area is 460 Å². The average molecular weight is 1100 g/mol. The first-order valence-corrected chi connectivity index (χ1v) is 27.4. The quantitative estimate of drug-likeness (QED) is 0.0247. The van der Waals surface area contributed by atoms with Gasteiger partial charge in [-0.25, -0.2) is 0 Å². The summed E-state index contributed by atoms with van der Waals surface area (Å²) in [5, 5.41) is 32.7. The molecule has 2 rings (SSSR count). The van der Waals surface area contributed by atoms with Crippen molar-refractivity contribution in [2.24, 2.45) is 34.2 Å². The van der Waals surface area contributed by atoms with Crippen LogP contribution in [0.5, 0.6) is 0 Å². The summed E-state index contributed by atoms with van der Waals surface area (Å²) in [5.74, 6) is -8.08. The van der Waals surface area contributed by atoms with E-state index in [1.165, 1.54) is 30.7 Å². The summed E-state index contributed by atoms with van der Waals surface area (Å²) < 4.78 is 0. The van der Waals surface area contributed by atoms with Crippen molar-refractivity contribution in [2.75, 3.05) is 33.2 Å². The molecular formula is C54H91N13O11. The van der Waals surface area contributed by atoms with Crippen LogP contribution in [0.25, 0.3) is 0 Å². The predicted molar refractivity (Wildman–Crippen MR) is 295 cm³/mol. The first-order chi connectivity index (χ1) is 36.7. The number of hydrogen-bond donors (Lipinski definition) is 11. The molecule has 13 N–H and O–H groups in total. The number of nitrogens with zero attached hydrogens (tertiary/aromatic N) is 3. The number of benzene rings is 1. The number of nitrogens with two attached hydrogens (primary N) is 2. The highest BCUT2D eigenvalue weighted by Crippen LogP contribution is 2.21. The molecule has 1 aromatic carbocycles. The number of rotatable bonds is 32. The van der Waals surface area contributed by atoms with Gasteiger partial charge in [-0.2, -0.15) is 0 Å². The summed E-state index contributed by atoms with van der Waals surface area (Å²) in [4.78, 5) is 144. The number of nitrogens with one attached hydrogen (secondary N) is 8. The average Bonchev–Trinajstić information content (AvgIpc) is 3.89. The zero-order valence-corrected chi connectivity index (χ0v) is 48.0. The lowest BCUT2D eigenvalue weighted by Crippen LogP contribution is -2.63. The highest BCUT2D eigenvalue weighted by Gasteiger charge is 2.40. The molecule has 0 spiro atoms. The molecule has 10 amide bonds. The van der Waals surface area contributed by atoms with Crippen LogP contribution >= 0.6 is 0 Å². The van der Waals surface area contributed by atoms with Gasteiger partial charge < -0.3 is 68.9 Å². The van der Waals surface area contributed by atoms with Gasteiger partial charge in [-0.15, -0.1) is 0 Å². The second-order valence-corrected chi connectivity index (χ2v) is 20.8. The van der Waals surface area contributed by atoms with Crippen molar-refractivity contribution in [1.82, 2.24) is 52.3 Å². The van der Waals surface area contributed by atoms with Gasteiger partial charge >= 0.3 is 0 Å². The van der Waals surface area contributed by atoms with Gasteiger partial charge in [-0.05, 0) is 76.2 Å². The van der Waals surface area contributed by atoms with E-state index in [1.54, 1.807) is 48.5 Å². The van der Waals surface area contributed by atoms with Gasteiger partial charge in [-0.1, -0.05) is 97.6 Å². The van der Waals surface area contributed by atoms with Crippen LogP contribution in [-0.2, 0) is 54.4 Å². The summed E-state index contributed by atoms with van der Waals surface area (Å²) in [7, 11) is 1.44. The van der Waals surface area contributed by atoms with Crippen LogP contribution in [0.2, 0.25) is 0 Å². The fourth-order valence-corrected chi connectivity index (χ4v) is 8.71. The minimum atomic E-state index is -1.64. The second-order valence-electron chi connectivity index (χ2n) is 20.8. The third-order valence-electron chi connectivity index (χ3n) is 14.0. The fourth-order valence-electron chi connectivity index (χ4n) is 8.71. The zero-order chi connectivity index (χ0) is 59.0. The molecule has 0 saturated carbocycles. The molecule has 438 valence electrons. The highest BCUT2D eigenvalue weighted by atomic mass is 16.3. The number of amides is 10. The SMILES string of the molecule is CCC[C@H](NC(=O)[C@@H](NC(=O)[C@H](NC(=O)[C@@H](NC(=O)[C@H](Cc1ccc(C)cc1)NC(=O)CN(C)C(C)=O)C(C)C)[C@H](C)CC)[C@@H](C)O)C(=O)N[C@H](C(=O)N[C@@H](CCCN=C(N)N)C(=O)N1CCC[C@H]1C(=O)NCC)[C@@H](C)CC. The van der Waals surface area contributed by atoms with Crippen LogP contribution in [0.3, 0.4) is 0 Å². The zero-order valence-electron chi connectivity index (χ0n) is 48.0.